The Balaban J connectivity index is 2.09. The van der Waals surface area contributed by atoms with Gasteiger partial charge in [0.1, 0.15) is 17.4 Å². The summed E-state index contributed by atoms with van der Waals surface area (Å²) in [7, 11) is 0. The first-order chi connectivity index (χ1) is 9.56. The molecule has 1 aromatic heterocycles. The van der Waals surface area contributed by atoms with E-state index in [1.54, 1.807) is 6.07 Å². The number of fused-ring (bicyclic) bond motifs is 1. The summed E-state index contributed by atoms with van der Waals surface area (Å²) in [5.74, 6) is 0.560. The van der Waals surface area contributed by atoms with Crippen LogP contribution in [0.1, 0.15) is 23.0 Å². The maximum atomic E-state index is 10.5. The van der Waals surface area contributed by atoms with Gasteiger partial charge in [0.25, 0.3) is 0 Å². The Morgan fingerprint density at radius 2 is 1.85 bits per heavy atom. The van der Waals surface area contributed by atoms with Crippen LogP contribution in [0.3, 0.4) is 0 Å². The number of halogens is 2. The summed E-state index contributed by atoms with van der Waals surface area (Å²) in [6, 6.07) is 13.0. The molecule has 3 aromatic rings. The Kier molecular flexibility index (Phi) is 3.59. The second kappa shape index (κ2) is 5.24. The fraction of sp³-hybridized carbons (Fsp3) is 0.125. The van der Waals surface area contributed by atoms with Crippen molar-refractivity contribution in [1.82, 2.24) is 0 Å². The van der Waals surface area contributed by atoms with Crippen LogP contribution in [-0.4, -0.2) is 5.11 Å². The molecule has 0 amide bonds. The van der Waals surface area contributed by atoms with E-state index in [0.717, 1.165) is 26.6 Å². The van der Waals surface area contributed by atoms with Gasteiger partial charge in [-0.15, -0.1) is 0 Å². The molecule has 102 valence electrons. The molecule has 4 heteroatoms. The van der Waals surface area contributed by atoms with Crippen LogP contribution < -0.4 is 0 Å². The van der Waals surface area contributed by atoms with Gasteiger partial charge < -0.3 is 9.52 Å². The van der Waals surface area contributed by atoms with Gasteiger partial charge in [-0.1, -0.05) is 39.7 Å². The third kappa shape index (κ3) is 2.37. The highest BCUT2D eigenvalue weighted by atomic mass is 79.9. The van der Waals surface area contributed by atoms with E-state index in [1.165, 1.54) is 0 Å². The Bertz CT molecular complexity index is 762. The summed E-state index contributed by atoms with van der Waals surface area (Å²) in [5.41, 5.74) is 2.44. The highest BCUT2D eigenvalue weighted by Crippen LogP contribution is 2.34. The molecule has 1 atom stereocenters. The molecule has 2 aromatic carbocycles. The first-order valence-corrected chi connectivity index (χ1v) is 7.35. The zero-order chi connectivity index (χ0) is 14.3. The van der Waals surface area contributed by atoms with Crippen LogP contribution in [0, 0.1) is 6.92 Å². The molecular formula is C16H12BrClO2. The molecule has 0 aliphatic heterocycles. The topological polar surface area (TPSA) is 33.4 Å². The molecule has 0 aliphatic rings. The van der Waals surface area contributed by atoms with E-state index in [-0.39, 0.29) is 0 Å². The summed E-state index contributed by atoms with van der Waals surface area (Å²) >= 11 is 9.39. The van der Waals surface area contributed by atoms with E-state index in [1.807, 2.05) is 43.3 Å². The Morgan fingerprint density at radius 1 is 1.15 bits per heavy atom. The van der Waals surface area contributed by atoms with Gasteiger partial charge in [-0.05, 0) is 42.8 Å². The smallest absolute Gasteiger partial charge is 0.141 e. The first kappa shape index (κ1) is 13.7. The lowest BCUT2D eigenvalue weighted by atomic mass is 10.0. The third-order valence-corrected chi connectivity index (χ3v) is 4.13. The largest absolute Gasteiger partial charge is 0.458 e. The van der Waals surface area contributed by atoms with Gasteiger partial charge >= 0.3 is 0 Å². The number of hydrogen-bond donors (Lipinski definition) is 1. The first-order valence-electron chi connectivity index (χ1n) is 6.18. The molecule has 0 spiro atoms. The highest BCUT2D eigenvalue weighted by molar-refractivity contribution is 9.10. The van der Waals surface area contributed by atoms with Crippen LogP contribution in [-0.2, 0) is 0 Å². The van der Waals surface area contributed by atoms with Gasteiger partial charge in [0.15, 0.2) is 0 Å². The molecule has 1 N–H and O–H groups in total. The number of aliphatic hydroxyl groups is 1. The average molecular weight is 352 g/mol. The van der Waals surface area contributed by atoms with Crippen molar-refractivity contribution in [2.45, 2.75) is 13.0 Å². The van der Waals surface area contributed by atoms with Crippen LogP contribution in [0.25, 0.3) is 11.0 Å². The van der Waals surface area contributed by atoms with E-state index in [4.69, 9.17) is 16.0 Å². The molecule has 0 saturated carbocycles. The van der Waals surface area contributed by atoms with Gasteiger partial charge in [-0.2, -0.15) is 0 Å². The van der Waals surface area contributed by atoms with Crippen molar-refractivity contribution in [3.8, 4) is 0 Å². The predicted octanol–water partition coefficient (Wildman–Crippen LogP) is 5.24. The van der Waals surface area contributed by atoms with E-state index < -0.39 is 6.10 Å². The minimum atomic E-state index is -0.783. The molecular weight excluding hydrogens is 340 g/mol. The zero-order valence-electron chi connectivity index (χ0n) is 10.7. The molecule has 0 bridgehead atoms. The van der Waals surface area contributed by atoms with E-state index in [0.29, 0.717) is 10.8 Å². The molecule has 3 rings (SSSR count). The molecule has 0 radical (unpaired) electrons. The zero-order valence-corrected chi connectivity index (χ0v) is 13.1. The van der Waals surface area contributed by atoms with Crippen LogP contribution in [0.5, 0.6) is 0 Å². The Morgan fingerprint density at radius 3 is 2.55 bits per heavy atom. The summed E-state index contributed by atoms with van der Waals surface area (Å²) in [6.45, 7) is 1.93. The van der Waals surface area contributed by atoms with Gasteiger partial charge in [-0.25, -0.2) is 0 Å². The lowest BCUT2D eigenvalue weighted by Crippen LogP contribution is -1.99. The molecule has 0 fully saturated rings. The summed E-state index contributed by atoms with van der Waals surface area (Å²) in [4.78, 5) is 0. The second-order valence-electron chi connectivity index (χ2n) is 4.69. The Hall–Kier alpha value is -1.29. The van der Waals surface area contributed by atoms with E-state index in [2.05, 4.69) is 15.9 Å². The fourth-order valence-electron chi connectivity index (χ4n) is 2.27. The second-order valence-corrected chi connectivity index (χ2v) is 6.04. The number of furan rings is 1. The van der Waals surface area contributed by atoms with Crippen LogP contribution in [0.4, 0.5) is 0 Å². The molecule has 20 heavy (non-hydrogen) atoms. The van der Waals surface area contributed by atoms with Crippen molar-refractivity contribution in [1.29, 1.82) is 0 Å². The third-order valence-electron chi connectivity index (χ3n) is 3.37. The van der Waals surface area contributed by atoms with Crippen molar-refractivity contribution >= 4 is 38.5 Å². The molecule has 0 aliphatic carbocycles. The fourth-order valence-corrected chi connectivity index (χ4v) is 2.71. The Labute approximate surface area is 130 Å². The van der Waals surface area contributed by atoms with Gasteiger partial charge in [0.05, 0.1) is 0 Å². The number of aliphatic hydroxyl groups excluding tert-OH is 1. The summed E-state index contributed by atoms with van der Waals surface area (Å²) in [5, 5.41) is 12.1. The van der Waals surface area contributed by atoms with Crippen molar-refractivity contribution in [2.75, 3.05) is 0 Å². The lowest BCUT2D eigenvalue weighted by Gasteiger charge is -2.09. The minimum Gasteiger partial charge on any atom is -0.458 e. The number of aryl methyl sites for hydroxylation is 1. The normalized spacial score (nSPS) is 12.8. The quantitative estimate of drug-likeness (QED) is 0.685. The van der Waals surface area contributed by atoms with Crippen molar-refractivity contribution in [2.24, 2.45) is 0 Å². The SMILES string of the molecule is Cc1c(C(O)c2ccc(Br)cc2)oc2ccc(Cl)cc12. The van der Waals surface area contributed by atoms with Gasteiger partial charge in [0.2, 0.25) is 0 Å². The number of benzene rings is 2. The molecule has 1 unspecified atom stereocenters. The van der Waals surface area contributed by atoms with Crippen molar-refractivity contribution < 1.29 is 9.52 Å². The number of hydrogen-bond acceptors (Lipinski definition) is 2. The monoisotopic (exact) mass is 350 g/mol. The highest BCUT2D eigenvalue weighted by Gasteiger charge is 2.19. The lowest BCUT2D eigenvalue weighted by molar-refractivity contribution is 0.191. The summed E-state index contributed by atoms with van der Waals surface area (Å²) < 4.78 is 6.75. The molecule has 0 saturated heterocycles. The molecule has 1 heterocycles. The maximum absolute atomic E-state index is 10.5. The summed E-state index contributed by atoms with van der Waals surface area (Å²) in [6.07, 6.45) is -0.783. The van der Waals surface area contributed by atoms with Crippen molar-refractivity contribution in [3.05, 3.63) is 68.8 Å². The predicted molar refractivity (Wildman–Crippen MR) is 84.2 cm³/mol. The van der Waals surface area contributed by atoms with Crippen molar-refractivity contribution in [3.63, 3.8) is 0 Å². The average Bonchev–Trinajstić information content (AvgIpc) is 2.76. The van der Waals surface area contributed by atoms with E-state index >= 15 is 0 Å². The van der Waals surface area contributed by atoms with Crippen LogP contribution >= 0.6 is 27.5 Å². The minimum absolute atomic E-state index is 0.560. The van der Waals surface area contributed by atoms with Crippen LogP contribution in [0.2, 0.25) is 5.02 Å². The van der Waals surface area contributed by atoms with Crippen LogP contribution in [0.15, 0.2) is 51.4 Å². The standard InChI is InChI=1S/C16H12BrClO2/c1-9-13-8-12(18)6-7-14(13)20-16(9)15(19)10-2-4-11(17)5-3-10/h2-8,15,19H,1H3. The van der Waals surface area contributed by atoms with E-state index in [9.17, 15) is 5.11 Å². The van der Waals surface area contributed by atoms with Gasteiger partial charge in [-0.3, -0.25) is 0 Å². The van der Waals surface area contributed by atoms with Gasteiger partial charge in [0, 0.05) is 20.4 Å². The molecule has 2 nitrogen and oxygen atoms in total. The number of rotatable bonds is 2. The maximum Gasteiger partial charge on any atom is 0.141 e.